The highest BCUT2D eigenvalue weighted by Crippen LogP contribution is 2.70. The summed E-state index contributed by atoms with van der Waals surface area (Å²) in [4.78, 5) is 11.6. The summed E-state index contributed by atoms with van der Waals surface area (Å²) in [5, 5.41) is 0. The van der Waals surface area contributed by atoms with Crippen LogP contribution in [-0.2, 0) is 9.53 Å². The summed E-state index contributed by atoms with van der Waals surface area (Å²) in [7, 11) is 1.46. The molecule has 6 unspecified atom stereocenters. The Hall–Kier alpha value is -0.710. The highest BCUT2D eigenvalue weighted by atomic mass is 19.3. The Morgan fingerprint density at radius 1 is 1.06 bits per heavy atom. The molecule has 8 atom stereocenters. The first-order chi connectivity index (χ1) is 14.5. The summed E-state index contributed by atoms with van der Waals surface area (Å²) in [6, 6.07) is 0. The van der Waals surface area contributed by atoms with Gasteiger partial charge in [-0.25, -0.2) is 8.78 Å². The van der Waals surface area contributed by atoms with Gasteiger partial charge in [0, 0.05) is 24.8 Å². The molecule has 0 spiro atoms. The van der Waals surface area contributed by atoms with Crippen LogP contribution in [0.25, 0.3) is 0 Å². The van der Waals surface area contributed by atoms with Crippen molar-refractivity contribution < 1.29 is 18.3 Å². The first-order valence-corrected chi connectivity index (χ1v) is 12.7. The fourth-order valence-corrected chi connectivity index (χ4v) is 9.05. The van der Waals surface area contributed by atoms with Gasteiger partial charge in [0.25, 0.3) is 0 Å². The monoisotopic (exact) mass is 439 g/mol. The number of rotatable bonds is 5. The van der Waals surface area contributed by atoms with Gasteiger partial charge in [0.1, 0.15) is 0 Å². The summed E-state index contributed by atoms with van der Waals surface area (Å²) in [5.41, 5.74) is 7.15. The highest BCUT2D eigenvalue weighted by Gasteiger charge is 2.68. The van der Waals surface area contributed by atoms with Crippen molar-refractivity contribution in [2.24, 2.45) is 46.2 Å². The third kappa shape index (κ3) is 3.56. The number of alkyl halides is 2. The third-order valence-electron chi connectivity index (χ3n) is 11.1. The summed E-state index contributed by atoms with van der Waals surface area (Å²) >= 11 is 0. The molecule has 5 heteroatoms. The van der Waals surface area contributed by atoms with E-state index in [-0.39, 0.29) is 41.1 Å². The number of esters is 1. The molecule has 4 aliphatic rings. The molecule has 0 radical (unpaired) electrons. The largest absolute Gasteiger partial charge is 0.469 e. The molecule has 0 saturated heterocycles. The van der Waals surface area contributed by atoms with Crippen molar-refractivity contribution in [2.75, 3.05) is 7.11 Å². The second-order valence-electron chi connectivity index (χ2n) is 12.0. The summed E-state index contributed by atoms with van der Waals surface area (Å²) in [6.07, 6.45) is 9.57. The Kier molecular flexibility index (Phi) is 6.02. The van der Waals surface area contributed by atoms with Crippen LogP contribution in [0.4, 0.5) is 8.78 Å². The molecule has 0 bridgehead atoms. The number of fused-ring (bicyclic) bond motifs is 5. The molecule has 0 heterocycles. The van der Waals surface area contributed by atoms with Crippen molar-refractivity contribution in [1.82, 2.24) is 0 Å². The van der Waals surface area contributed by atoms with Gasteiger partial charge >= 0.3 is 5.97 Å². The van der Waals surface area contributed by atoms with Crippen molar-refractivity contribution in [3.05, 3.63) is 0 Å². The number of methoxy groups -OCH3 is 1. The lowest BCUT2D eigenvalue weighted by Gasteiger charge is -2.68. The summed E-state index contributed by atoms with van der Waals surface area (Å²) in [5.74, 6) is -0.577. The van der Waals surface area contributed by atoms with Crippen LogP contribution in [0, 0.1) is 40.4 Å². The van der Waals surface area contributed by atoms with E-state index in [4.69, 9.17) is 10.5 Å². The third-order valence-corrected chi connectivity index (χ3v) is 11.1. The number of nitrogens with two attached hydrogens (primary N) is 1. The minimum Gasteiger partial charge on any atom is -0.469 e. The zero-order valence-electron chi connectivity index (χ0n) is 20.0. The number of hydrogen-bond acceptors (Lipinski definition) is 3. The van der Waals surface area contributed by atoms with Crippen LogP contribution in [0.15, 0.2) is 0 Å². The predicted octanol–water partition coefficient (Wildman–Crippen LogP) is 6.34. The average molecular weight is 440 g/mol. The maximum atomic E-state index is 14.5. The average Bonchev–Trinajstić information content (AvgIpc) is 3.05. The van der Waals surface area contributed by atoms with Gasteiger partial charge in [0.15, 0.2) is 0 Å². The van der Waals surface area contributed by atoms with Gasteiger partial charge in [-0.05, 0) is 91.8 Å². The lowest BCUT2D eigenvalue weighted by molar-refractivity contribution is -0.194. The number of carbonyl (C=O) groups is 1. The molecular formula is C26H43F2NO2. The number of halogens is 2. The van der Waals surface area contributed by atoms with Crippen LogP contribution < -0.4 is 5.73 Å². The van der Waals surface area contributed by atoms with Crippen molar-refractivity contribution in [3.63, 3.8) is 0 Å². The Bertz CT molecular complexity index is 699. The molecule has 4 aliphatic carbocycles. The minimum absolute atomic E-state index is 0.000190. The van der Waals surface area contributed by atoms with E-state index in [1.54, 1.807) is 0 Å². The van der Waals surface area contributed by atoms with Gasteiger partial charge < -0.3 is 10.5 Å². The minimum atomic E-state index is -2.53. The molecule has 31 heavy (non-hydrogen) atoms. The Balaban J connectivity index is 1.57. The highest BCUT2D eigenvalue weighted by molar-refractivity contribution is 5.68. The summed E-state index contributed by atoms with van der Waals surface area (Å²) < 4.78 is 33.7. The van der Waals surface area contributed by atoms with E-state index in [9.17, 15) is 13.6 Å². The van der Waals surface area contributed by atoms with Crippen LogP contribution >= 0.6 is 0 Å². The quantitative estimate of drug-likeness (QED) is 0.508. The van der Waals surface area contributed by atoms with Crippen molar-refractivity contribution >= 4 is 5.97 Å². The van der Waals surface area contributed by atoms with Gasteiger partial charge in [0.05, 0.1) is 7.11 Å². The standard InChI is InChI=1S/C26H43F2NO2/c1-5-17-15-20-19-10-9-18(7-6-8-22(30)31-4)23(19,2)11-14-26(20,29)24(3)12-13-25(27,28)16-21(17)24/h17-21H,5-16,29H2,1-4H3/t17-,18?,19?,20?,21?,23?,24?,26+/m0/s1. The molecule has 3 nitrogen and oxygen atoms in total. The van der Waals surface area contributed by atoms with E-state index in [1.807, 2.05) is 0 Å². The Labute approximate surface area is 187 Å². The molecule has 4 saturated carbocycles. The van der Waals surface area contributed by atoms with Gasteiger partial charge in [-0.15, -0.1) is 0 Å². The Morgan fingerprint density at radius 2 is 1.81 bits per heavy atom. The van der Waals surface area contributed by atoms with Crippen LogP contribution in [0.2, 0.25) is 0 Å². The van der Waals surface area contributed by atoms with Crippen LogP contribution in [0.3, 0.4) is 0 Å². The van der Waals surface area contributed by atoms with Crippen molar-refractivity contribution in [1.29, 1.82) is 0 Å². The Morgan fingerprint density at radius 3 is 2.48 bits per heavy atom. The molecule has 0 aromatic heterocycles. The molecule has 4 rings (SSSR count). The maximum absolute atomic E-state index is 14.5. The topological polar surface area (TPSA) is 52.3 Å². The lowest BCUT2D eigenvalue weighted by Crippen LogP contribution is -2.72. The van der Waals surface area contributed by atoms with Crippen molar-refractivity contribution in [2.45, 2.75) is 109 Å². The normalized spacial score (nSPS) is 48.4. The number of carbonyl (C=O) groups excluding carboxylic acids is 1. The molecule has 0 aliphatic heterocycles. The fourth-order valence-electron chi connectivity index (χ4n) is 9.05. The SMILES string of the molecule is CC[C@H]1CC2C3CCC(CCCC(=O)OC)C3(C)CC[C@]2(N)C2(C)CCC(F)(F)CC12. The van der Waals surface area contributed by atoms with E-state index in [0.29, 0.717) is 36.5 Å². The van der Waals surface area contributed by atoms with Gasteiger partial charge in [-0.1, -0.05) is 27.2 Å². The van der Waals surface area contributed by atoms with Gasteiger partial charge in [0.2, 0.25) is 5.92 Å². The zero-order chi connectivity index (χ0) is 22.7. The molecule has 2 N–H and O–H groups in total. The van der Waals surface area contributed by atoms with E-state index in [0.717, 1.165) is 38.5 Å². The number of hydrogen-bond donors (Lipinski definition) is 1. The second kappa shape index (κ2) is 7.95. The molecule has 0 amide bonds. The van der Waals surface area contributed by atoms with Crippen LogP contribution in [0.1, 0.15) is 97.8 Å². The molecule has 4 fully saturated rings. The first kappa shape index (κ1) is 23.4. The van der Waals surface area contributed by atoms with Crippen LogP contribution in [0.5, 0.6) is 0 Å². The van der Waals surface area contributed by atoms with E-state index in [1.165, 1.54) is 20.0 Å². The molecule has 0 aromatic carbocycles. The first-order valence-electron chi connectivity index (χ1n) is 12.7. The van der Waals surface area contributed by atoms with E-state index < -0.39 is 5.92 Å². The maximum Gasteiger partial charge on any atom is 0.305 e. The smallest absolute Gasteiger partial charge is 0.305 e. The van der Waals surface area contributed by atoms with Crippen molar-refractivity contribution in [3.8, 4) is 0 Å². The number of ether oxygens (including phenoxy) is 1. The molecule has 0 aromatic rings. The molecular weight excluding hydrogens is 396 g/mol. The second-order valence-corrected chi connectivity index (χ2v) is 12.0. The summed E-state index contributed by atoms with van der Waals surface area (Å²) in [6.45, 7) is 6.93. The van der Waals surface area contributed by atoms with E-state index in [2.05, 4.69) is 20.8 Å². The predicted molar refractivity (Wildman–Crippen MR) is 119 cm³/mol. The lowest BCUT2D eigenvalue weighted by atomic mass is 9.39. The van der Waals surface area contributed by atoms with E-state index >= 15 is 0 Å². The van der Waals surface area contributed by atoms with Crippen LogP contribution in [-0.4, -0.2) is 24.5 Å². The van der Waals surface area contributed by atoms with Gasteiger partial charge in [-0.2, -0.15) is 0 Å². The fraction of sp³-hybridized carbons (Fsp3) is 0.962. The zero-order valence-corrected chi connectivity index (χ0v) is 20.0. The van der Waals surface area contributed by atoms with Gasteiger partial charge in [-0.3, -0.25) is 4.79 Å². The molecule has 178 valence electrons.